The predicted molar refractivity (Wildman–Crippen MR) is 84.3 cm³/mol. The number of piperazine rings is 1. The van der Waals surface area contributed by atoms with Crippen molar-refractivity contribution < 1.29 is 4.79 Å². The number of amides is 1. The second-order valence-corrected chi connectivity index (χ2v) is 6.20. The summed E-state index contributed by atoms with van der Waals surface area (Å²) in [5.41, 5.74) is 1.11. The van der Waals surface area contributed by atoms with E-state index in [1.807, 2.05) is 29.2 Å². The lowest BCUT2D eigenvalue weighted by Gasteiger charge is -2.33. The Morgan fingerprint density at radius 1 is 1.24 bits per heavy atom. The van der Waals surface area contributed by atoms with Crippen LogP contribution in [-0.2, 0) is 11.3 Å². The molecule has 5 heteroatoms. The molecule has 21 heavy (non-hydrogen) atoms. The smallest absolute Gasteiger partial charge is 0.240 e. The van der Waals surface area contributed by atoms with Gasteiger partial charge in [0.2, 0.25) is 5.91 Å². The molecule has 0 bridgehead atoms. The van der Waals surface area contributed by atoms with E-state index in [0.717, 1.165) is 62.7 Å². The van der Waals surface area contributed by atoms with E-state index in [0.29, 0.717) is 5.91 Å². The fourth-order valence-electron chi connectivity index (χ4n) is 3.24. The number of hydrogen-bond donors (Lipinski definition) is 1. The van der Waals surface area contributed by atoms with Gasteiger partial charge in [-0.2, -0.15) is 0 Å². The average Bonchev–Trinajstić information content (AvgIpc) is 2.98. The van der Waals surface area contributed by atoms with Crippen molar-refractivity contribution in [1.29, 1.82) is 0 Å². The van der Waals surface area contributed by atoms with Gasteiger partial charge < -0.3 is 10.2 Å². The summed E-state index contributed by atoms with van der Waals surface area (Å²) in [6, 6.07) is 7.94. The molecule has 2 fully saturated rings. The van der Waals surface area contributed by atoms with E-state index in [2.05, 4.69) is 10.2 Å². The highest BCUT2D eigenvalue weighted by molar-refractivity contribution is 6.31. The summed E-state index contributed by atoms with van der Waals surface area (Å²) in [6.45, 7) is 5.21. The minimum absolute atomic E-state index is 0.0272. The minimum atomic E-state index is 0.0272. The zero-order valence-corrected chi connectivity index (χ0v) is 13.0. The Kier molecular flexibility index (Phi) is 4.78. The molecule has 0 saturated carbocycles. The number of halogens is 1. The maximum atomic E-state index is 12.7. The second kappa shape index (κ2) is 6.77. The van der Waals surface area contributed by atoms with Crippen molar-refractivity contribution in [2.45, 2.75) is 25.4 Å². The van der Waals surface area contributed by atoms with Gasteiger partial charge in [0.05, 0.1) is 6.04 Å². The summed E-state index contributed by atoms with van der Waals surface area (Å²) in [7, 11) is 0. The average molecular weight is 308 g/mol. The molecule has 1 N–H and O–H groups in total. The Balaban J connectivity index is 1.67. The minimum Gasteiger partial charge on any atom is -0.339 e. The molecule has 114 valence electrons. The van der Waals surface area contributed by atoms with Crippen LogP contribution in [0.5, 0.6) is 0 Å². The van der Waals surface area contributed by atoms with Crippen molar-refractivity contribution >= 4 is 17.5 Å². The maximum absolute atomic E-state index is 12.7. The van der Waals surface area contributed by atoms with Gasteiger partial charge in [-0.1, -0.05) is 29.8 Å². The third-order valence-electron chi connectivity index (χ3n) is 4.41. The number of carbonyl (C=O) groups excluding carboxylic acids is 1. The van der Waals surface area contributed by atoms with E-state index in [1.165, 1.54) is 0 Å². The Bertz CT molecular complexity index is 502. The molecule has 2 saturated heterocycles. The van der Waals surface area contributed by atoms with Crippen LogP contribution in [0, 0.1) is 0 Å². The van der Waals surface area contributed by atoms with E-state index in [1.54, 1.807) is 0 Å². The lowest BCUT2D eigenvalue weighted by molar-refractivity contribution is -0.136. The zero-order chi connectivity index (χ0) is 14.7. The van der Waals surface area contributed by atoms with Crippen molar-refractivity contribution in [1.82, 2.24) is 15.1 Å². The SMILES string of the molecule is O=C(C1CCCN1Cc1ccccc1Cl)N1CCNCC1. The third-order valence-corrected chi connectivity index (χ3v) is 4.78. The van der Waals surface area contributed by atoms with Gasteiger partial charge in [-0.15, -0.1) is 0 Å². The molecule has 0 aliphatic carbocycles. The Morgan fingerprint density at radius 3 is 2.76 bits per heavy atom. The fourth-order valence-corrected chi connectivity index (χ4v) is 3.43. The number of nitrogens with one attached hydrogen (secondary N) is 1. The van der Waals surface area contributed by atoms with E-state index >= 15 is 0 Å². The van der Waals surface area contributed by atoms with Crippen molar-refractivity contribution in [2.24, 2.45) is 0 Å². The van der Waals surface area contributed by atoms with Crippen molar-refractivity contribution in [3.8, 4) is 0 Å². The molecule has 0 aromatic heterocycles. The van der Waals surface area contributed by atoms with Gasteiger partial charge in [0.1, 0.15) is 0 Å². The normalized spacial score (nSPS) is 23.5. The van der Waals surface area contributed by atoms with Crippen LogP contribution in [0.3, 0.4) is 0 Å². The number of benzene rings is 1. The highest BCUT2D eigenvalue weighted by Gasteiger charge is 2.34. The Morgan fingerprint density at radius 2 is 2.00 bits per heavy atom. The van der Waals surface area contributed by atoms with Gasteiger partial charge in [-0.25, -0.2) is 0 Å². The summed E-state index contributed by atoms with van der Waals surface area (Å²) in [5.74, 6) is 0.293. The first kappa shape index (κ1) is 14.8. The summed E-state index contributed by atoms with van der Waals surface area (Å²) in [4.78, 5) is 17.0. The third kappa shape index (κ3) is 3.39. The Hall–Kier alpha value is -1.10. The van der Waals surface area contributed by atoms with Crippen LogP contribution in [0.4, 0.5) is 0 Å². The zero-order valence-electron chi connectivity index (χ0n) is 12.2. The number of nitrogens with zero attached hydrogens (tertiary/aromatic N) is 2. The van der Waals surface area contributed by atoms with Crippen LogP contribution in [0.2, 0.25) is 5.02 Å². The molecule has 2 aliphatic heterocycles. The topological polar surface area (TPSA) is 35.6 Å². The monoisotopic (exact) mass is 307 g/mol. The molecule has 0 spiro atoms. The van der Waals surface area contributed by atoms with Gasteiger partial charge in [0.15, 0.2) is 0 Å². The second-order valence-electron chi connectivity index (χ2n) is 5.80. The maximum Gasteiger partial charge on any atom is 0.240 e. The van der Waals surface area contributed by atoms with Crippen LogP contribution < -0.4 is 5.32 Å². The molecule has 2 aliphatic rings. The molecule has 1 aromatic carbocycles. The van der Waals surface area contributed by atoms with E-state index in [4.69, 9.17) is 11.6 Å². The summed E-state index contributed by atoms with van der Waals surface area (Å²) in [6.07, 6.45) is 2.06. The largest absolute Gasteiger partial charge is 0.339 e. The van der Waals surface area contributed by atoms with Crippen LogP contribution >= 0.6 is 11.6 Å². The molecule has 2 heterocycles. The standard InChI is InChI=1S/C16H22ClN3O/c17-14-5-2-1-4-13(14)12-20-9-3-6-15(20)16(21)19-10-7-18-8-11-19/h1-2,4-5,15,18H,3,6-12H2. The van der Waals surface area contributed by atoms with Crippen molar-refractivity contribution in [2.75, 3.05) is 32.7 Å². The van der Waals surface area contributed by atoms with E-state index < -0.39 is 0 Å². The molecule has 1 aromatic rings. The first-order valence-corrected chi connectivity index (χ1v) is 8.10. The van der Waals surface area contributed by atoms with Gasteiger partial charge in [-0.3, -0.25) is 9.69 Å². The lowest BCUT2D eigenvalue weighted by atomic mass is 10.1. The summed E-state index contributed by atoms with van der Waals surface area (Å²) < 4.78 is 0. The van der Waals surface area contributed by atoms with E-state index in [9.17, 15) is 4.79 Å². The lowest BCUT2D eigenvalue weighted by Crippen LogP contribution is -2.52. The molecule has 4 nitrogen and oxygen atoms in total. The molecule has 1 unspecified atom stereocenters. The van der Waals surface area contributed by atoms with E-state index in [-0.39, 0.29) is 6.04 Å². The number of carbonyl (C=O) groups is 1. The number of likely N-dealkylation sites (tertiary alicyclic amines) is 1. The molecule has 1 atom stereocenters. The first-order valence-electron chi connectivity index (χ1n) is 7.72. The molecular weight excluding hydrogens is 286 g/mol. The predicted octanol–water partition coefficient (Wildman–Crippen LogP) is 1.74. The number of hydrogen-bond acceptors (Lipinski definition) is 3. The van der Waals surface area contributed by atoms with Gasteiger partial charge in [-0.05, 0) is 31.0 Å². The fraction of sp³-hybridized carbons (Fsp3) is 0.562. The van der Waals surface area contributed by atoms with Crippen molar-refractivity contribution in [3.63, 3.8) is 0 Å². The number of rotatable bonds is 3. The van der Waals surface area contributed by atoms with Crippen LogP contribution in [0.25, 0.3) is 0 Å². The van der Waals surface area contributed by atoms with Gasteiger partial charge >= 0.3 is 0 Å². The van der Waals surface area contributed by atoms with Crippen LogP contribution in [0.15, 0.2) is 24.3 Å². The molecular formula is C16H22ClN3O. The van der Waals surface area contributed by atoms with Crippen LogP contribution in [-0.4, -0.2) is 54.5 Å². The molecule has 1 amide bonds. The highest BCUT2D eigenvalue weighted by Crippen LogP contribution is 2.25. The summed E-state index contributed by atoms with van der Waals surface area (Å²) in [5, 5.41) is 4.08. The van der Waals surface area contributed by atoms with Crippen molar-refractivity contribution in [3.05, 3.63) is 34.9 Å². The van der Waals surface area contributed by atoms with Gasteiger partial charge in [0.25, 0.3) is 0 Å². The molecule has 0 radical (unpaired) electrons. The van der Waals surface area contributed by atoms with Crippen LogP contribution in [0.1, 0.15) is 18.4 Å². The summed E-state index contributed by atoms with van der Waals surface area (Å²) >= 11 is 6.25. The Labute approximate surface area is 131 Å². The molecule has 3 rings (SSSR count). The quantitative estimate of drug-likeness (QED) is 0.924. The highest BCUT2D eigenvalue weighted by atomic mass is 35.5. The first-order chi connectivity index (χ1) is 10.3. The van der Waals surface area contributed by atoms with Gasteiger partial charge in [0, 0.05) is 37.7 Å².